The van der Waals surface area contributed by atoms with Crippen molar-refractivity contribution < 1.29 is 0 Å². The Morgan fingerprint density at radius 3 is 2.95 bits per heavy atom. The summed E-state index contributed by atoms with van der Waals surface area (Å²) >= 11 is 0. The van der Waals surface area contributed by atoms with Crippen molar-refractivity contribution in [3.8, 4) is 0 Å². The highest BCUT2D eigenvalue weighted by Crippen LogP contribution is 2.55. The summed E-state index contributed by atoms with van der Waals surface area (Å²) in [6.07, 6.45) is 8.38. The molecular formula is C20H30N2. The minimum absolute atomic E-state index is 0.499. The number of likely N-dealkylation sites (N-methyl/N-ethyl adjacent to an activating group) is 1. The number of hydrogen-bond donors (Lipinski definition) is 1. The first-order valence-electron chi connectivity index (χ1n) is 9.24. The molecular weight excluding hydrogens is 268 g/mol. The van der Waals surface area contributed by atoms with E-state index in [1.165, 1.54) is 56.3 Å². The van der Waals surface area contributed by atoms with Crippen molar-refractivity contribution in [1.29, 1.82) is 0 Å². The van der Waals surface area contributed by atoms with E-state index in [2.05, 4.69) is 43.2 Å². The van der Waals surface area contributed by atoms with Crippen LogP contribution in [0.2, 0.25) is 0 Å². The van der Waals surface area contributed by atoms with Crippen LogP contribution >= 0.6 is 0 Å². The van der Waals surface area contributed by atoms with Gasteiger partial charge in [-0.05, 0) is 81.8 Å². The summed E-state index contributed by atoms with van der Waals surface area (Å²) in [6.45, 7) is 6.77. The Bertz CT molecular complexity index is 579. The van der Waals surface area contributed by atoms with E-state index < -0.39 is 0 Å². The Morgan fingerprint density at radius 2 is 2.14 bits per heavy atom. The van der Waals surface area contributed by atoms with E-state index in [4.69, 9.17) is 0 Å². The van der Waals surface area contributed by atoms with Gasteiger partial charge >= 0.3 is 0 Å². The van der Waals surface area contributed by atoms with Crippen LogP contribution in [0.25, 0.3) is 0 Å². The number of anilines is 1. The zero-order valence-corrected chi connectivity index (χ0v) is 14.4. The van der Waals surface area contributed by atoms with Crippen molar-refractivity contribution in [2.45, 2.75) is 63.8 Å². The molecule has 0 spiro atoms. The zero-order chi connectivity index (χ0) is 15.3. The first-order valence-corrected chi connectivity index (χ1v) is 9.24. The molecule has 0 radical (unpaired) electrons. The van der Waals surface area contributed by atoms with Gasteiger partial charge in [0.05, 0.1) is 0 Å². The number of nitrogens with one attached hydrogen (secondary N) is 1. The number of piperidine rings is 1. The number of nitrogens with zero attached hydrogens (tertiary/aromatic N) is 1. The van der Waals surface area contributed by atoms with Crippen LogP contribution in [0, 0.1) is 12.8 Å². The van der Waals surface area contributed by atoms with Crippen molar-refractivity contribution in [3.05, 3.63) is 28.8 Å². The molecule has 2 nitrogen and oxygen atoms in total. The molecule has 2 fully saturated rings. The van der Waals surface area contributed by atoms with E-state index in [0.717, 1.165) is 18.5 Å². The molecule has 2 aliphatic carbocycles. The van der Waals surface area contributed by atoms with Gasteiger partial charge in [-0.2, -0.15) is 0 Å². The lowest BCUT2D eigenvalue weighted by atomic mass is 9.52. The third kappa shape index (κ3) is 1.96. The number of hydrogen-bond acceptors (Lipinski definition) is 2. The van der Waals surface area contributed by atoms with E-state index >= 15 is 0 Å². The molecule has 2 heteroatoms. The minimum Gasteiger partial charge on any atom is -0.385 e. The molecule has 2 bridgehead atoms. The predicted octanol–water partition coefficient (Wildman–Crippen LogP) is 4.12. The molecule has 0 aromatic heterocycles. The predicted molar refractivity (Wildman–Crippen MR) is 93.7 cm³/mol. The standard InChI is InChI=1S/C20H30N2/c1-4-21-18-12-15-13-19-16-7-5-6-8-20(16,9-10-22(19)3)17(15)11-14(18)2/h11-12,16,19,21H,4-10,13H2,1-3H3/t16-,19-,20-/m1/s1. The highest BCUT2D eigenvalue weighted by molar-refractivity contribution is 5.58. The average molecular weight is 298 g/mol. The topological polar surface area (TPSA) is 15.3 Å². The van der Waals surface area contributed by atoms with Crippen LogP contribution < -0.4 is 5.32 Å². The van der Waals surface area contributed by atoms with Gasteiger partial charge < -0.3 is 10.2 Å². The van der Waals surface area contributed by atoms with Gasteiger partial charge in [0.1, 0.15) is 0 Å². The van der Waals surface area contributed by atoms with Gasteiger partial charge in [-0.3, -0.25) is 0 Å². The van der Waals surface area contributed by atoms with Crippen molar-refractivity contribution in [2.24, 2.45) is 5.92 Å². The number of aryl methyl sites for hydroxylation is 1. The number of rotatable bonds is 2. The number of fused-ring (bicyclic) bond motifs is 1. The average Bonchev–Trinajstić information content (AvgIpc) is 2.53. The van der Waals surface area contributed by atoms with Gasteiger partial charge in [0, 0.05) is 23.7 Å². The lowest BCUT2D eigenvalue weighted by Gasteiger charge is -2.58. The Hall–Kier alpha value is -1.02. The van der Waals surface area contributed by atoms with E-state index in [1.54, 1.807) is 11.1 Å². The molecule has 1 heterocycles. The van der Waals surface area contributed by atoms with Crippen LogP contribution in [0.5, 0.6) is 0 Å². The highest BCUT2D eigenvalue weighted by Gasteiger charge is 2.53. The van der Waals surface area contributed by atoms with Crippen LogP contribution in [0.15, 0.2) is 12.1 Å². The monoisotopic (exact) mass is 298 g/mol. The van der Waals surface area contributed by atoms with Gasteiger partial charge in [0.25, 0.3) is 0 Å². The van der Waals surface area contributed by atoms with Crippen molar-refractivity contribution in [3.63, 3.8) is 0 Å². The fourth-order valence-corrected chi connectivity index (χ4v) is 5.74. The summed E-state index contributed by atoms with van der Waals surface area (Å²) in [7, 11) is 2.35. The molecule has 4 rings (SSSR count). The first kappa shape index (κ1) is 14.6. The van der Waals surface area contributed by atoms with Gasteiger partial charge in [0.15, 0.2) is 0 Å². The number of benzene rings is 1. The van der Waals surface area contributed by atoms with E-state index in [1.807, 2.05) is 0 Å². The van der Waals surface area contributed by atoms with Gasteiger partial charge in [-0.1, -0.05) is 18.9 Å². The molecule has 22 heavy (non-hydrogen) atoms. The molecule has 1 saturated heterocycles. The van der Waals surface area contributed by atoms with E-state index in [-0.39, 0.29) is 0 Å². The van der Waals surface area contributed by atoms with Crippen LogP contribution in [0.3, 0.4) is 0 Å². The summed E-state index contributed by atoms with van der Waals surface area (Å²) in [5, 5.41) is 3.56. The minimum atomic E-state index is 0.499. The maximum Gasteiger partial charge on any atom is 0.0372 e. The lowest BCUT2D eigenvalue weighted by molar-refractivity contribution is 0.00285. The second-order valence-corrected chi connectivity index (χ2v) is 7.87. The second-order valence-electron chi connectivity index (χ2n) is 7.87. The molecule has 3 atom stereocenters. The van der Waals surface area contributed by atoms with Gasteiger partial charge in [-0.25, -0.2) is 0 Å². The summed E-state index contributed by atoms with van der Waals surface area (Å²) in [4.78, 5) is 2.66. The zero-order valence-electron chi connectivity index (χ0n) is 14.4. The molecule has 0 unspecified atom stereocenters. The molecule has 1 aliphatic heterocycles. The third-order valence-corrected chi connectivity index (χ3v) is 6.82. The fourth-order valence-electron chi connectivity index (χ4n) is 5.74. The Kier molecular flexibility index (Phi) is 3.48. The normalized spacial score (nSPS) is 34.0. The second kappa shape index (κ2) is 5.26. The van der Waals surface area contributed by atoms with Crippen LogP contribution in [0.4, 0.5) is 5.69 Å². The fraction of sp³-hybridized carbons (Fsp3) is 0.700. The van der Waals surface area contributed by atoms with Gasteiger partial charge in [-0.15, -0.1) is 0 Å². The van der Waals surface area contributed by atoms with E-state index in [9.17, 15) is 0 Å². The van der Waals surface area contributed by atoms with E-state index in [0.29, 0.717) is 5.41 Å². The summed E-state index contributed by atoms with van der Waals surface area (Å²) in [5.74, 6) is 0.900. The van der Waals surface area contributed by atoms with Crippen LogP contribution in [0.1, 0.15) is 55.7 Å². The lowest BCUT2D eigenvalue weighted by Crippen LogP contribution is -2.59. The quantitative estimate of drug-likeness (QED) is 0.883. The largest absolute Gasteiger partial charge is 0.385 e. The molecule has 1 aromatic rings. The Morgan fingerprint density at radius 1 is 1.27 bits per heavy atom. The SMILES string of the molecule is CCNc1cc2c(cc1C)[C@@]13CCCC[C@@H]1[C@@H](C2)N(C)CC3. The highest BCUT2D eigenvalue weighted by atomic mass is 15.1. The third-order valence-electron chi connectivity index (χ3n) is 6.82. The Labute approximate surface area is 135 Å². The van der Waals surface area contributed by atoms with Crippen LogP contribution in [-0.2, 0) is 11.8 Å². The first-order chi connectivity index (χ1) is 10.7. The van der Waals surface area contributed by atoms with Crippen LogP contribution in [-0.4, -0.2) is 31.1 Å². The smallest absolute Gasteiger partial charge is 0.0372 e. The summed E-state index contributed by atoms with van der Waals surface area (Å²) in [6, 6.07) is 5.80. The van der Waals surface area contributed by atoms with Gasteiger partial charge in [0.2, 0.25) is 0 Å². The van der Waals surface area contributed by atoms with Crippen molar-refractivity contribution in [1.82, 2.24) is 4.90 Å². The molecule has 3 aliphatic rings. The molecule has 1 aromatic carbocycles. The molecule has 120 valence electrons. The number of likely N-dealkylation sites (tertiary alicyclic amines) is 1. The summed E-state index contributed by atoms with van der Waals surface area (Å²) < 4.78 is 0. The van der Waals surface area contributed by atoms with Crippen molar-refractivity contribution in [2.75, 3.05) is 25.5 Å². The van der Waals surface area contributed by atoms with Crippen molar-refractivity contribution >= 4 is 5.69 Å². The summed E-state index contributed by atoms with van der Waals surface area (Å²) in [5.41, 5.74) is 6.65. The molecule has 0 amide bonds. The maximum atomic E-state index is 3.56. The maximum absolute atomic E-state index is 3.56. The molecule has 1 saturated carbocycles. The Balaban J connectivity index is 1.85. The molecule has 1 N–H and O–H groups in total.